The lowest BCUT2D eigenvalue weighted by molar-refractivity contribution is 0.250. The van der Waals surface area contributed by atoms with Crippen molar-refractivity contribution >= 4 is 21.4 Å². The minimum atomic E-state index is 0.670. The Balaban J connectivity index is 1.81. The lowest BCUT2D eigenvalue weighted by atomic mass is 9.98. The summed E-state index contributed by atoms with van der Waals surface area (Å²) < 4.78 is 1.42. The van der Waals surface area contributed by atoms with E-state index in [-0.39, 0.29) is 0 Å². The summed E-state index contributed by atoms with van der Waals surface area (Å²) in [6.45, 7) is 3.35. The predicted molar refractivity (Wildman–Crippen MR) is 80.3 cm³/mol. The average molecular weight is 257 g/mol. The van der Waals surface area contributed by atoms with Crippen LogP contribution in [0.2, 0.25) is 0 Å². The molecule has 0 bridgehead atoms. The van der Waals surface area contributed by atoms with E-state index >= 15 is 0 Å². The highest BCUT2D eigenvalue weighted by Gasteiger charge is 2.19. The van der Waals surface area contributed by atoms with Crippen LogP contribution in [0.1, 0.15) is 18.2 Å². The van der Waals surface area contributed by atoms with Gasteiger partial charge in [0, 0.05) is 22.2 Å². The molecule has 2 heteroatoms. The SMILES string of the molecule is CC1=CCN(C)C(Cc2cc3ccccc3s2)C1. The lowest BCUT2D eigenvalue weighted by Crippen LogP contribution is -2.36. The van der Waals surface area contributed by atoms with Gasteiger partial charge in [0.25, 0.3) is 0 Å². The van der Waals surface area contributed by atoms with E-state index in [1.54, 1.807) is 5.57 Å². The van der Waals surface area contributed by atoms with E-state index in [0.717, 1.165) is 6.54 Å². The summed E-state index contributed by atoms with van der Waals surface area (Å²) in [6.07, 6.45) is 4.74. The number of hydrogen-bond donors (Lipinski definition) is 0. The fraction of sp³-hybridized carbons (Fsp3) is 0.375. The van der Waals surface area contributed by atoms with Gasteiger partial charge in [-0.3, -0.25) is 4.90 Å². The molecular weight excluding hydrogens is 238 g/mol. The van der Waals surface area contributed by atoms with Crippen LogP contribution in [0.15, 0.2) is 42.0 Å². The molecule has 2 aromatic rings. The van der Waals surface area contributed by atoms with Crippen molar-refractivity contribution in [1.29, 1.82) is 0 Å². The molecule has 1 nitrogen and oxygen atoms in total. The van der Waals surface area contributed by atoms with Gasteiger partial charge in [0.15, 0.2) is 0 Å². The number of fused-ring (bicyclic) bond motifs is 1. The third-order valence-electron chi connectivity index (χ3n) is 3.82. The summed E-state index contributed by atoms with van der Waals surface area (Å²) >= 11 is 1.95. The van der Waals surface area contributed by atoms with Gasteiger partial charge < -0.3 is 0 Å². The smallest absolute Gasteiger partial charge is 0.0345 e. The van der Waals surface area contributed by atoms with Crippen molar-refractivity contribution in [1.82, 2.24) is 4.90 Å². The highest BCUT2D eigenvalue weighted by molar-refractivity contribution is 7.19. The minimum absolute atomic E-state index is 0.670. The van der Waals surface area contributed by atoms with Crippen LogP contribution in [0, 0.1) is 0 Å². The normalized spacial score (nSPS) is 21.2. The molecule has 1 aliphatic rings. The summed E-state index contributed by atoms with van der Waals surface area (Å²) in [5, 5.41) is 1.39. The number of hydrogen-bond acceptors (Lipinski definition) is 2. The number of likely N-dealkylation sites (N-methyl/N-ethyl adjacent to an activating group) is 1. The third kappa shape index (κ3) is 2.36. The Bertz CT molecular complexity index is 549. The molecule has 1 aliphatic heterocycles. The van der Waals surface area contributed by atoms with E-state index in [9.17, 15) is 0 Å². The second-order valence-electron chi connectivity index (χ2n) is 5.30. The molecule has 1 aromatic heterocycles. The minimum Gasteiger partial charge on any atom is -0.299 e. The van der Waals surface area contributed by atoms with E-state index < -0.39 is 0 Å². The maximum Gasteiger partial charge on any atom is 0.0345 e. The van der Waals surface area contributed by atoms with Gasteiger partial charge in [-0.25, -0.2) is 0 Å². The number of thiophene rings is 1. The topological polar surface area (TPSA) is 3.24 Å². The average Bonchev–Trinajstić information content (AvgIpc) is 2.76. The molecule has 3 rings (SSSR count). The fourth-order valence-electron chi connectivity index (χ4n) is 2.66. The molecule has 1 aromatic carbocycles. The summed E-state index contributed by atoms with van der Waals surface area (Å²) in [4.78, 5) is 3.99. The standard InChI is InChI=1S/C16H19NS/c1-12-7-8-17(2)14(9-12)11-15-10-13-5-3-4-6-16(13)18-15/h3-7,10,14H,8-9,11H2,1-2H3. The molecule has 0 spiro atoms. The van der Waals surface area contributed by atoms with E-state index in [0.29, 0.717) is 6.04 Å². The van der Waals surface area contributed by atoms with Crippen LogP contribution < -0.4 is 0 Å². The van der Waals surface area contributed by atoms with Crippen LogP contribution in [0.5, 0.6) is 0 Å². The first-order valence-electron chi connectivity index (χ1n) is 6.56. The monoisotopic (exact) mass is 257 g/mol. The molecule has 1 unspecified atom stereocenters. The highest BCUT2D eigenvalue weighted by Crippen LogP contribution is 2.28. The second kappa shape index (κ2) is 4.87. The third-order valence-corrected chi connectivity index (χ3v) is 4.96. The van der Waals surface area contributed by atoms with Crippen molar-refractivity contribution in [3.63, 3.8) is 0 Å². The Morgan fingerprint density at radius 1 is 1.33 bits per heavy atom. The van der Waals surface area contributed by atoms with Crippen LogP contribution in [-0.4, -0.2) is 24.5 Å². The molecule has 0 amide bonds. The highest BCUT2D eigenvalue weighted by atomic mass is 32.1. The Labute approximate surface area is 113 Å². The number of nitrogens with zero attached hydrogens (tertiary/aromatic N) is 1. The zero-order valence-electron chi connectivity index (χ0n) is 11.0. The van der Waals surface area contributed by atoms with Crippen LogP contribution >= 0.6 is 11.3 Å². The molecule has 0 radical (unpaired) electrons. The molecule has 1 atom stereocenters. The molecule has 0 fully saturated rings. The molecule has 94 valence electrons. The van der Waals surface area contributed by atoms with Gasteiger partial charge in [-0.2, -0.15) is 0 Å². The summed E-state index contributed by atoms with van der Waals surface area (Å²) in [5.74, 6) is 0. The van der Waals surface area contributed by atoms with Crippen LogP contribution in [0.4, 0.5) is 0 Å². The van der Waals surface area contributed by atoms with Crippen molar-refractivity contribution in [2.75, 3.05) is 13.6 Å². The van der Waals surface area contributed by atoms with Crippen molar-refractivity contribution in [2.24, 2.45) is 0 Å². The van der Waals surface area contributed by atoms with Crippen molar-refractivity contribution in [3.05, 3.63) is 46.9 Å². The van der Waals surface area contributed by atoms with Crippen LogP contribution in [0.25, 0.3) is 10.1 Å². The molecule has 2 heterocycles. The van der Waals surface area contributed by atoms with Gasteiger partial charge in [0.1, 0.15) is 0 Å². The van der Waals surface area contributed by atoms with Crippen LogP contribution in [0.3, 0.4) is 0 Å². The van der Waals surface area contributed by atoms with E-state index in [1.807, 2.05) is 11.3 Å². The van der Waals surface area contributed by atoms with E-state index in [2.05, 4.69) is 55.3 Å². The molecule has 0 N–H and O–H groups in total. The Kier molecular flexibility index (Phi) is 3.23. The van der Waals surface area contributed by atoms with Gasteiger partial charge in [0.05, 0.1) is 0 Å². The van der Waals surface area contributed by atoms with Crippen LogP contribution in [-0.2, 0) is 6.42 Å². The number of benzene rings is 1. The predicted octanol–water partition coefficient (Wildman–Crippen LogP) is 4.09. The van der Waals surface area contributed by atoms with Crippen molar-refractivity contribution in [3.8, 4) is 0 Å². The maximum atomic E-state index is 2.47. The zero-order chi connectivity index (χ0) is 12.5. The van der Waals surface area contributed by atoms with Gasteiger partial charge in [-0.1, -0.05) is 29.8 Å². The zero-order valence-corrected chi connectivity index (χ0v) is 11.8. The lowest BCUT2D eigenvalue weighted by Gasteiger charge is -2.31. The first-order valence-corrected chi connectivity index (χ1v) is 7.37. The number of rotatable bonds is 2. The first-order chi connectivity index (χ1) is 8.72. The molecular formula is C16H19NS. The van der Waals surface area contributed by atoms with Gasteiger partial charge >= 0.3 is 0 Å². The second-order valence-corrected chi connectivity index (χ2v) is 6.47. The Hall–Kier alpha value is -1.12. The Morgan fingerprint density at radius 2 is 2.17 bits per heavy atom. The van der Waals surface area contributed by atoms with E-state index in [1.165, 1.54) is 27.8 Å². The van der Waals surface area contributed by atoms with Crippen molar-refractivity contribution in [2.45, 2.75) is 25.8 Å². The van der Waals surface area contributed by atoms with E-state index in [4.69, 9.17) is 0 Å². The summed E-state index contributed by atoms with van der Waals surface area (Å²) in [5.41, 5.74) is 1.54. The summed E-state index contributed by atoms with van der Waals surface area (Å²) in [7, 11) is 2.24. The fourth-order valence-corrected chi connectivity index (χ4v) is 3.79. The molecule has 18 heavy (non-hydrogen) atoms. The molecule has 0 saturated carbocycles. The molecule has 0 saturated heterocycles. The maximum absolute atomic E-state index is 2.47. The first kappa shape index (κ1) is 11.9. The van der Waals surface area contributed by atoms with Crippen molar-refractivity contribution < 1.29 is 0 Å². The van der Waals surface area contributed by atoms with Gasteiger partial charge in [0.2, 0.25) is 0 Å². The van der Waals surface area contributed by atoms with Gasteiger partial charge in [-0.05, 0) is 44.3 Å². The van der Waals surface area contributed by atoms with Gasteiger partial charge in [-0.15, -0.1) is 11.3 Å². The summed E-state index contributed by atoms with van der Waals surface area (Å²) in [6, 6.07) is 11.7. The molecule has 0 aliphatic carbocycles. The Morgan fingerprint density at radius 3 is 3.00 bits per heavy atom. The quantitative estimate of drug-likeness (QED) is 0.732. The largest absolute Gasteiger partial charge is 0.299 e.